The van der Waals surface area contributed by atoms with Crippen molar-refractivity contribution < 1.29 is 14.3 Å². The van der Waals surface area contributed by atoms with Crippen LogP contribution >= 0.6 is 11.3 Å². The molecular formula is C25H23N3O3S. The van der Waals surface area contributed by atoms with Gasteiger partial charge in [-0.15, -0.1) is 0 Å². The number of carbonyl (C=O) groups excluding carboxylic acids is 1. The van der Waals surface area contributed by atoms with E-state index in [-0.39, 0.29) is 5.91 Å². The maximum Gasteiger partial charge on any atom is 0.257 e. The fraction of sp³-hybridized carbons (Fsp3) is 0.200. The van der Waals surface area contributed by atoms with Gasteiger partial charge in [-0.3, -0.25) is 10.1 Å². The average Bonchev–Trinajstić information content (AvgIpc) is 3.25. The maximum absolute atomic E-state index is 12.7. The summed E-state index contributed by atoms with van der Waals surface area (Å²) in [6.07, 6.45) is 0. The van der Waals surface area contributed by atoms with Crippen LogP contribution in [0.25, 0.3) is 10.2 Å². The lowest BCUT2D eigenvalue weighted by Crippen LogP contribution is -2.36. The number of hydrogen-bond acceptors (Lipinski definition) is 6. The van der Waals surface area contributed by atoms with E-state index in [1.165, 1.54) is 11.3 Å². The van der Waals surface area contributed by atoms with Gasteiger partial charge in [0.25, 0.3) is 5.91 Å². The Balaban J connectivity index is 1.23. The molecule has 2 heterocycles. The SMILES string of the molecule is O=C(Nc1nc2ccc(N3CCOCC3)cc2s1)c1ccc(OCc2ccccc2)cc1. The second kappa shape index (κ2) is 9.38. The number of anilines is 2. The zero-order valence-corrected chi connectivity index (χ0v) is 18.3. The first-order chi connectivity index (χ1) is 15.7. The van der Waals surface area contributed by atoms with Crippen molar-refractivity contribution in [3.05, 3.63) is 83.9 Å². The lowest BCUT2D eigenvalue weighted by molar-refractivity contribution is 0.102. The van der Waals surface area contributed by atoms with Crippen LogP contribution in [0.2, 0.25) is 0 Å². The van der Waals surface area contributed by atoms with Crippen molar-refractivity contribution in [2.24, 2.45) is 0 Å². The van der Waals surface area contributed by atoms with Gasteiger partial charge < -0.3 is 14.4 Å². The number of fused-ring (bicyclic) bond motifs is 1. The smallest absolute Gasteiger partial charge is 0.257 e. The highest BCUT2D eigenvalue weighted by Gasteiger charge is 2.14. The Labute approximate surface area is 190 Å². The van der Waals surface area contributed by atoms with E-state index in [1.54, 1.807) is 12.1 Å². The molecule has 0 unspecified atom stereocenters. The number of thiazole rings is 1. The first-order valence-electron chi connectivity index (χ1n) is 10.6. The lowest BCUT2D eigenvalue weighted by atomic mass is 10.2. The number of amides is 1. The Morgan fingerprint density at radius 1 is 1.03 bits per heavy atom. The number of morpholine rings is 1. The van der Waals surface area contributed by atoms with Crippen LogP contribution in [-0.2, 0) is 11.3 Å². The molecule has 1 saturated heterocycles. The first kappa shape index (κ1) is 20.5. The Bertz CT molecular complexity index is 1200. The predicted octanol–water partition coefficient (Wildman–Crippen LogP) is 4.96. The highest BCUT2D eigenvalue weighted by molar-refractivity contribution is 7.22. The summed E-state index contributed by atoms with van der Waals surface area (Å²) in [5.74, 6) is 0.535. The number of nitrogens with zero attached hydrogens (tertiary/aromatic N) is 2. The molecule has 6 nitrogen and oxygen atoms in total. The third-order valence-corrected chi connectivity index (χ3v) is 6.27. The lowest BCUT2D eigenvalue weighted by Gasteiger charge is -2.28. The molecule has 32 heavy (non-hydrogen) atoms. The Morgan fingerprint density at radius 3 is 2.59 bits per heavy atom. The Hall–Kier alpha value is -3.42. The molecule has 3 aromatic carbocycles. The molecule has 0 spiro atoms. The molecule has 1 fully saturated rings. The van der Waals surface area contributed by atoms with E-state index in [2.05, 4.69) is 27.3 Å². The van der Waals surface area contributed by atoms with Crippen LogP contribution < -0.4 is 15.0 Å². The molecule has 0 saturated carbocycles. The number of hydrogen-bond donors (Lipinski definition) is 1. The highest BCUT2D eigenvalue weighted by Crippen LogP contribution is 2.30. The standard InChI is InChI=1S/C25H23N3O3S/c29-24(19-6-9-21(10-7-19)31-17-18-4-2-1-3-5-18)27-25-26-22-11-8-20(16-23(22)32-25)28-12-14-30-15-13-28/h1-11,16H,12-15,17H2,(H,26,27,29). The summed E-state index contributed by atoms with van der Waals surface area (Å²) in [6.45, 7) is 3.76. The molecule has 1 aliphatic heterocycles. The first-order valence-corrected chi connectivity index (χ1v) is 11.4. The van der Waals surface area contributed by atoms with Gasteiger partial charge in [0.1, 0.15) is 12.4 Å². The molecule has 1 amide bonds. The van der Waals surface area contributed by atoms with Gasteiger partial charge in [0.2, 0.25) is 0 Å². The zero-order valence-electron chi connectivity index (χ0n) is 17.5. The summed E-state index contributed by atoms with van der Waals surface area (Å²) >= 11 is 1.48. The van der Waals surface area contributed by atoms with Gasteiger partial charge in [0.05, 0.1) is 23.4 Å². The van der Waals surface area contributed by atoms with Gasteiger partial charge in [-0.1, -0.05) is 41.7 Å². The fourth-order valence-corrected chi connectivity index (χ4v) is 4.49. The monoisotopic (exact) mass is 445 g/mol. The van der Waals surface area contributed by atoms with Crippen molar-refractivity contribution in [1.82, 2.24) is 4.98 Å². The van der Waals surface area contributed by atoms with Gasteiger partial charge in [0, 0.05) is 24.3 Å². The van der Waals surface area contributed by atoms with Crippen molar-refractivity contribution in [1.29, 1.82) is 0 Å². The number of benzene rings is 3. The van der Waals surface area contributed by atoms with E-state index in [1.807, 2.05) is 48.5 Å². The largest absolute Gasteiger partial charge is 0.489 e. The summed E-state index contributed by atoms with van der Waals surface area (Å²) in [6, 6.07) is 23.3. The van der Waals surface area contributed by atoms with Crippen molar-refractivity contribution in [2.75, 3.05) is 36.5 Å². The van der Waals surface area contributed by atoms with Crippen LogP contribution in [0.3, 0.4) is 0 Å². The van der Waals surface area contributed by atoms with Crippen molar-refractivity contribution >= 4 is 38.3 Å². The van der Waals surface area contributed by atoms with Crippen LogP contribution in [0.4, 0.5) is 10.8 Å². The van der Waals surface area contributed by atoms with Crippen LogP contribution in [0.1, 0.15) is 15.9 Å². The maximum atomic E-state index is 12.7. The molecule has 162 valence electrons. The second-order valence-corrected chi connectivity index (χ2v) is 8.55. The van der Waals surface area contributed by atoms with E-state index < -0.39 is 0 Å². The van der Waals surface area contributed by atoms with E-state index in [0.29, 0.717) is 17.3 Å². The van der Waals surface area contributed by atoms with Crippen LogP contribution in [-0.4, -0.2) is 37.2 Å². The van der Waals surface area contributed by atoms with E-state index >= 15 is 0 Å². The van der Waals surface area contributed by atoms with E-state index in [9.17, 15) is 4.79 Å². The molecule has 1 aliphatic rings. The zero-order chi connectivity index (χ0) is 21.8. The summed E-state index contributed by atoms with van der Waals surface area (Å²) < 4.78 is 12.3. The number of aromatic nitrogens is 1. The Morgan fingerprint density at radius 2 is 1.81 bits per heavy atom. The van der Waals surface area contributed by atoms with Gasteiger partial charge in [-0.25, -0.2) is 4.98 Å². The van der Waals surface area contributed by atoms with Gasteiger partial charge in [-0.2, -0.15) is 0 Å². The fourth-order valence-electron chi connectivity index (χ4n) is 3.60. The third-order valence-electron chi connectivity index (χ3n) is 5.33. The average molecular weight is 446 g/mol. The van der Waals surface area contributed by atoms with Crippen LogP contribution in [0, 0.1) is 0 Å². The minimum atomic E-state index is -0.188. The molecule has 0 radical (unpaired) electrons. The minimum Gasteiger partial charge on any atom is -0.489 e. The van der Waals surface area contributed by atoms with Gasteiger partial charge >= 0.3 is 0 Å². The molecule has 1 aromatic heterocycles. The molecule has 4 aromatic rings. The molecule has 0 atom stereocenters. The van der Waals surface area contributed by atoms with Gasteiger partial charge in [0.15, 0.2) is 5.13 Å². The molecular weight excluding hydrogens is 422 g/mol. The number of nitrogens with one attached hydrogen (secondary N) is 1. The number of carbonyl (C=O) groups is 1. The summed E-state index contributed by atoms with van der Waals surface area (Å²) in [7, 11) is 0. The molecule has 1 N–H and O–H groups in total. The van der Waals surface area contributed by atoms with Crippen molar-refractivity contribution in [3.8, 4) is 5.75 Å². The minimum absolute atomic E-state index is 0.188. The topological polar surface area (TPSA) is 63.7 Å². The second-order valence-electron chi connectivity index (χ2n) is 7.52. The normalized spacial score (nSPS) is 13.8. The summed E-state index contributed by atoms with van der Waals surface area (Å²) in [5, 5.41) is 3.51. The van der Waals surface area contributed by atoms with E-state index in [0.717, 1.165) is 53.5 Å². The summed E-state index contributed by atoms with van der Waals surface area (Å²) in [5.41, 5.74) is 3.70. The molecule has 7 heteroatoms. The van der Waals surface area contributed by atoms with Crippen molar-refractivity contribution in [3.63, 3.8) is 0 Å². The highest BCUT2D eigenvalue weighted by atomic mass is 32.1. The molecule has 5 rings (SSSR count). The molecule has 0 aliphatic carbocycles. The van der Waals surface area contributed by atoms with Crippen molar-refractivity contribution in [2.45, 2.75) is 6.61 Å². The number of rotatable bonds is 6. The van der Waals surface area contributed by atoms with Gasteiger partial charge in [-0.05, 0) is 48.0 Å². The Kier molecular flexibility index (Phi) is 6.00. The third kappa shape index (κ3) is 4.74. The molecule has 0 bridgehead atoms. The van der Waals surface area contributed by atoms with Crippen LogP contribution in [0.15, 0.2) is 72.8 Å². The summed E-state index contributed by atoms with van der Waals surface area (Å²) in [4.78, 5) is 19.6. The predicted molar refractivity (Wildman–Crippen MR) is 128 cm³/mol. The van der Waals surface area contributed by atoms with E-state index in [4.69, 9.17) is 9.47 Å². The number of ether oxygens (including phenoxy) is 2. The van der Waals surface area contributed by atoms with Crippen LogP contribution in [0.5, 0.6) is 5.75 Å². The quantitative estimate of drug-likeness (QED) is 0.454.